The number of carbonyl (C=O) groups is 4. The number of rotatable bonds is 7. The lowest BCUT2D eigenvalue weighted by molar-refractivity contribution is -0.385. The van der Waals surface area contributed by atoms with E-state index in [1.54, 1.807) is 6.92 Å². The number of carbonyl (C=O) groups excluding carboxylic acids is 3. The van der Waals surface area contributed by atoms with Crippen molar-refractivity contribution in [2.75, 3.05) is 0 Å². The third-order valence-corrected chi connectivity index (χ3v) is 16.6. The molecule has 0 aromatic carbocycles. The largest absolute Gasteiger partial charge is 0.550 e. The van der Waals surface area contributed by atoms with Crippen molar-refractivity contribution in [1.82, 2.24) is 0 Å². The number of ether oxygens (including phenoxy) is 4. The second-order valence-corrected chi connectivity index (χ2v) is 19.8. The summed E-state index contributed by atoms with van der Waals surface area (Å²) in [6.07, 6.45) is -12.8. The van der Waals surface area contributed by atoms with Crippen molar-refractivity contribution >= 4 is 23.7 Å². The molecule has 16 nitrogen and oxygen atoms in total. The van der Waals surface area contributed by atoms with E-state index in [4.69, 9.17) is 18.9 Å². The first-order valence-corrected chi connectivity index (χ1v) is 20.4. The van der Waals surface area contributed by atoms with Crippen LogP contribution in [0.25, 0.3) is 0 Å². The minimum absolute atomic E-state index is 0.0129. The molecule has 0 aromatic rings. The molecule has 4 saturated carbocycles. The van der Waals surface area contributed by atoms with Crippen LogP contribution in [0.3, 0.4) is 0 Å². The SMILES string of the molecule is CC1(C)[C@@H](OC2OC(C(=O)[O-])C(O)C(O)C2OC2OC(C(=O)O)C(O)C(O)C2O)CC[C@@]2(C)[C@@H]1CC[C@]1(C)[C@H]2C(=O)C=C2[C@@H]3C[C@@](C)(C(=O)[O-])CC[C@@H]3CC[C@]21C. The van der Waals surface area contributed by atoms with Crippen LogP contribution in [0.1, 0.15) is 99.3 Å². The zero-order chi connectivity index (χ0) is 41.9. The van der Waals surface area contributed by atoms with E-state index in [-0.39, 0.29) is 29.0 Å². The molecule has 7 aliphatic rings. The molecule has 57 heavy (non-hydrogen) atoms. The van der Waals surface area contributed by atoms with Crippen LogP contribution in [-0.4, -0.2) is 122 Å². The summed E-state index contributed by atoms with van der Waals surface area (Å²) >= 11 is 0. The molecule has 320 valence electrons. The van der Waals surface area contributed by atoms with E-state index in [1.165, 1.54) is 0 Å². The molecule has 2 heterocycles. The number of carboxylic acid groups (broad SMARTS) is 3. The van der Waals surface area contributed by atoms with Gasteiger partial charge in [0.2, 0.25) is 0 Å². The van der Waals surface area contributed by atoms with Crippen LogP contribution in [0.4, 0.5) is 0 Å². The molecule has 16 heteroatoms. The summed E-state index contributed by atoms with van der Waals surface area (Å²) in [5.74, 6) is -4.69. The van der Waals surface area contributed by atoms with Crippen LogP contribution in [0.2, 0.25) is 0 Å². The topological polar surface area (TPSA) is 273 Å². The molecule has 0 amide bonds. The Labute approximate surface area is 331 Å². The smallest absolute Gasteiger partial charge is 0.335 e. The van der Waals surface area contributed by atoms with Gasteiger partial charge in [-0.15, -0.1) is 0 Å². The van der Waals surface area contributed by atoms with Crippen LogP contribution in [0, 0.1) is 50.7 Å². The van der Waals surface area contributed by atoms with Gasteiger partial charge in [0.15, 0.2) is 24.5 Å². The van der Waals surface area contributed by atoms with Gasteiger partial charge in [0, 0.05) is 17.3 Å². The maximum absolute atomic E-state index is 14.7. The monoisotopic (exact) mass is 806 g/mol. The Hall–Kier alpha value is -2.54. The number of hydrogen-bond acceptors (Lipinski definition) is 15. The van der Waals surface area contributed by atoms with E-state index >= 15 is 0 Å². The Morgan fingerprint density at radius 3 is 2.02 bits per heavy atom. The van der Waals surface area contributed by atoms with Crippen LogP contribution in [0.5, 0.6) is 0 Å². The van der Waals surface area contributed by atoms with Crippen LogP contribution in [0.15, 0.2) is 11.6 Å². The normalized spacial score (nSPS) is 51.9. The van der Waals surface area contributed by atoms with Gasteiger partial charge in [-0.25, -0.2) is 4.79 Å². The van der Waals surface area contributed by atoms with Crippen LogP contribution in [-0.2, 0) is 38.1 Å². The van der Waals surface area contributed by atoms with Gasteiger partial charge in [0.1, 0.15) is 42.7 Å². The number of hydrogen-bond donors (Lipinski definition) is 6. The summed E-state index contributed by atoms with van der Waals surface area (Å²) in [6.45, 7) is 12.4. The van der Waals surface area contributed by atoms with Gasteiger partial charge in [0.05, 0.1) is 12.1 Å². The molecule has 6 fully saturated rings. The molecule has 6 N–H and O–H groups in total. The molecular weight excluding hydrogens is 748 g/mol. The molecule has 2 aliphatic heterocycles. The highest BCUT2D eigenvalue weighted by Crippen LogP contribution is 2.74. The fraction of sp³-hybridized carbons (Fsp3) is 0.854. The zero-order valence-corrected chi connectivity index (χ0v) is 33.4. The van der Waals surface area contributed by atoms with Gasteiger partial charge in [-0.1, -0.05) is 47.1 Å². The maximum Gasteiger partial charge on any atom is 0.335 e. The van der Waals surface area contributed by atoms with Crippen molar-refractivity contribution < 1.29 is 79.0 Å². The van der Waals surface area contributed by atoms with Crippen molar-refractivity contribution in [3.63, 3.8) is 0 Å². The first-order valence-electron chi connectivity index (χ1n) is 20.4. The molecule has 0 bridgehead atoms. The fourth-order valence-corrected chi connectivity index (χ4v) is 13.2. The minimum Gasteiger partial charge on any atom is -0.550 e. The van der Waals surface area contributed by atoms with Gasteiger partial charge >= 0.3 is 5.97 Å². The molecule has 7 rings (SSSR count). The summed E-state index contributed by atoms with van der Waals surface area (Å²) in [4.78, 5) is 50.8. The van der Waals surface area contributed by atoms with E-state index < -0.39 is 107 Å². The molecule has 2 saturated heterocycles. The van der Waals surface area contributed by atoms with Crippen molar-refractivity contribution in [3.8, 4) is 0 Å². The average Bonchev–Trinajstić information content (AvgIpc) is 3.12. The lowest BCUT2D eigenvalue weighted by Gasteiger charge is -2.70. The van der Waals surface area contributed by atoms with Crippen molar-refractivity contribution in [3.05, 3.63) is 11.6 Å². The van der Waals surface area contributed by atoms with Gasteiger partial charge in [-0.05, 0) is 103 Å². The summed E-state index contributed by atoms with van der Waals surface area (Å²) in [6, 6.07) is 0. The highest BCUT2D eigenvalue weighted by molar-refractivity contribution is 5.95. The van der Waals surface area contributed by atoms with Crippen molar-refractivity contribution in [2.24, 2.45) is 50.7 Å². The summed E-state index contributed by atoms with van der Waals surface area (Å²) in [5, 5.41) is 87.0. The first kappa shape index (κ1) is 42.6. The van der Waals surface area contributed by atoms with Crippen LogP contribution >= 0.6 is 0 Å². The summed E-state index contributed by atoms with van der Waals surface area (Å²) in [7, 11) is 0. The third-order valence-electron chi connectivity index (χ3n) is 16.6. The lowest BCUT2D eigenvalue weighted by atomic mass is 9.34. The standard InChI is InChI=1S/C41H60O16/c1-37(2)21-9-14-41(6)31(20(42)15-19-18-16-38(3,36(52)53)11-7-17(18)8-13-40(19,41)5)39(21,4)12-10-22(37)54-35-30(26(46)25(45)29(56-35)33(50)51)57-34-27(47)23(43)24(44)28(55-34)32(48)49/h15,17-18,21-31,34-35,43-47H,7-14,16H2,1-6H3,(H,48,49)(H,50,51)(H,52,53)/p-2/t17-,18-,21-,22+,23?,24?,25?,26?,27?,28?,29?,30?,31+,34?,35?,38+,39+,40-,41-/m1/s1. The number of aliphatic hydroxyl groups is 5. The van der Waals surface area contributed by atoms with Gasteiger partial charge < -0.3 is 69.4 Å². The van der Waals surface area contributed by atoms with Crippen LogP contribution < -0.4 is 10.2 Å². The number of aliphatic carboxylic acids is 3. The van der Waals surface area contributed by atoms with Crippen molar-refractivity contribution in [2.45, 2.75) is 167 Å². The minimum atomic E-state index is -2.11. The van der Waals surface area contributed by atoms with Gasteiger partial charge in [0.25, 0.3) is 0 Å². The van der Waals surface area contributed by atoms with E-state index in [1.807, 2.05) is 19.9 Å². The highest BCUT2D eigenvalue weighted by Gasteiger charge is 2.70. The summed E-state index contributed by atoms with van der Waals surface area (Å²) < 4.78 is 23.2. The predicted molar refractivity (Wildman–Crippen MR) is 190 cm³/mol. The first-order chi connectivity index (χ1) is 26.4. The fourth-order valence-electron chi connectivity index (χ4n) is 13.2. The Balaban J connectivity index is 1.16. The Bertz CT molecular complexity index is 1680. The molecule has 0 spiro atoms. The van der Waals surface area contributed by atoms with E-state index in [0.717, 1.165) is 24.8 Å². The van der Waals surface area contributed by atoms with Crippen molar-refractivity contribution in [1.29, 1.82) is 0 Å². The molecule has 0 aromatic heterocycles. The number of ketones is 1. The Kier molecular flexibility index (Phi) is 10.7. The Morgan fingerprint density at radius 2 is 1.39 bits per heavy atom. The highest BCUT2D eigenvalue weighted by atomic mass is 16.8. The molecular formula is C41H58O16-2. The van der Waals surface area contributed by atoms with E-state index in [9.17, 15) is 60.0 Å². The predicted octanol–water partition coefficient (Wildman–Crippen LogP) is -0.814. The average molecular weight is 807 g/mol. The molecule has 10 unspecified atom stereocenters. The number of aliphatic hydroxyl groups excluding tert-OH is 5. The Morgan fingerprint density at radius 1 is 0.754 bits per heavy atom. The number of fused-ring (bicyclic) bond motifs is 7. The molecule has 0 radical (unpaired) electrons. The van der Waals surface area contributed by atoms with Gasteiger partial charge in [-0.3, -0.25) is 4.79 Å². The second-order valence-electron chi connectivity index (χ2n) is 19.8. The zero-order valence-electron chi connectivity index (χ0n) is 33.4. The van der Waals surface area contributed by atoms with E-state index in [2.05, 4.69) is 20.8 Å². The lowest BCUT2D eigenvalue weighted by Crippen LogP contribution is -2.68. The van der Waals surface area contributed by atoms with Gasteiger partial charge in [-0.2, -0.15) is 0 Å². The molecule has 5 aliphatic carbocycles. The third kappa shape index (κ3) is 6.34. The van der Waals surface area contributed by atoms with E-state index in [0.29, 0.717) is 44.4 Å². The number of carboxylic acids is 3. The second kappa shape index (κ2) is 14.3. The quantitative estimate of drug-likeness (QED) is 0.172. The summed E-state index contributed by atoms with van der Waals surface area (Å²) in [5.41, 5.74) is -1.86. The maximum atomic E-state index is 14.7. The number of allylic oxidation sites excluding steroid dienone is 2. The molecule has 19 atom stereocenters.